The molecular formula is C29H38O4. The second-order valence-corrected chi connectivity index (χ2v) is 11.1. The van der Waals surface area contributed by atoms with Crippen molar-refractivity contribution in [2.75, 3.05) is 7.11 Å². The number of ether oxygens (including phenoxy) is 2. The van der Waals surface area contributed by atoms with Crippen LogP contribution in [0.15, 0.2) is 48.5 Å². The lowest BCUT2D eigenvalue weighted by Crippen LogP contribution is -2.53. The minimum absolute atomic E-state index is 0.146. The highest BCUT2D eigenvalue weighted by Gasteiger charge is 2.53. The summed E-state index contributed by atoms with van der Waals surface area (Å²) in [6.07, 6.45) is 7.35. The SMILES string of the molecule is COc1ccc(CO[C@H]2CC[C@]3(C)C[C@H](Cc4ccc(C(=O)O)cc4)CCC3C2(C)C)cc1. The fraction of sp³-hybridized carbons (Fsp3) is 0.552. The molecule has 2 aliphatic rings. The number of methoxy groups -OCH3 is 1. The van der Waals surface area contributed by atoms with Gasteiger partial charge in [0.05, 0.1) is 25.4 Å². The molecule has 178 valence electrons. The van der Waals surface area contributed by atoms with Gasteiger partial charge in [0, 0.05) is 0 Å². The molecule has 1 N–H and O–H groups in total. The highest BCUT2D eigenvalue weighted by atomic mass is 16.5. The molecule has 2 saturated carbocycles. The molecular weight excluding hydrogens is 412 g/mol. The Balaban J connectivity index is 1.37. The van der Waals surface area contributed by atoms with E-state index in [-0.39, 0.29) is 11.5 Å². The molecule has 0 aromatic heterocycles. The Labute approximate surface area is 198 Å². The molecule has 4 rings (SSSR count). The van der Waals surface area contributed by atoms with Crippen molar-refractivity contribution in [2.24, 2.45) is 22.7 Å². The maximum Gasteiger partial charge on any atom is 0.335 e. The summed E-state index contributed by atoms with van der Waals surface area (Å²) in [5.41, 5.74) is 3.30. The Hall–Kier alpha value is -2.33. The van der Waals surface area contributed by atoms with Crippen molar-refractivity contribution in [3.8, 4) is 5.75 Å². The zero-order valence-electron chi connectivity index (χ0n) is 20.5. The van der Waals surface area contributed by atoms with E-state index >= 15 is 0 Å². The number of carboxylic acid groups (broad SMARTS) is 1. The number of carbonyl (C=O) groups is 1. The maximum atomic E-state index is 11.1. The molecule has 0 aliphatic heterocycles. The predicted octanol–water partition coefficient (Wildman–Crippen LogP) is 6.76. The average molecular weight is 451 g/mol. The molecule has 33 heavy (non-hydrogen) atoms. The van der Waals surface area contributed by atoms with Crippen LogP contribution in [0.1, 0.15) is 74.4 Å². The number of hydrogen-bond donors (Lipinski definition) is 1. The fourth-order valence-electron chi connectivity index (χ4n) is 6.77. The van der Waals surface area contributed by atoms with Gasteiger partial charge in [-0.3, -0.25) is 0 Å². The van der Waals surface area contributed by atoms with Crippen LogP contribution >= 0.6 is 0 Å². The van der Waals surface area contributed by atoms with Crippen molar-refractivity contribution in [1.29, 1.82) is 0 Å². The van der Waals surface area contributed by atoms with Crippen molar-refractivity contribution < 1.29 is 19.4 Å². The molecule has 4 nitrogen and oxygen atoms in total. The quantitative estimate of drug-likeness (QED) is 0.506. The van der Waals surface area contributed by atoms with E-state index in [9.17, 15) is 4.79 Å². The van der Waals surface area contributed by atoms with E-state index in [0.717, 1.165) is 18.6 Å². The van der Waals surface area contributed by atoms with Crippen LogP contribution in [0.2, 0.25) is 0 Å². The van der Waals surface area contributed by atoms with E-state index in [1.165, 1.54) is 36.8 Å². The smallest absolute Gasteiger partial charge is 0.335 e. The third kappa shape index (κ3) is 5.11. The van der Waals surface area contributed by atoms with Gasteiger partial charge >= 0.3 is 5.97 Å². The van der Waals surface area contributed by atoms with Crippen molar-refractivity contribution in [1.82, 2.24) is 0 Å². The minimum Gasteiger partial charge on any atom is -0.497 e. The molecule has 0 spiro atoms. The number of aromatic carboxylic acids is 1. The average Bonchev–Trinajstić information content (AvgIpc) is 2.79. The van der Waals surface area contributed by atoms with Crippen LogP contribution in [0.5, 0.6) is 5.75 Å². The van der Waals surface area contributed by atoms with Crippen molar-refractivity contribution >= 4 is 5.97 Å². The van der Waals surface area contributed by atoms with Crippen LogP contribution in [-0.4, -0.2) is 24.3 Å². The molecule has 2 fully saturated rings. The summed E-state index contributed by atoms with van der Waals surface area (Å²) in [6, 6.07) is 15.6. The van der Waals surface area contributed by atoms with E-state index in [1.54, 1.807) is 19.2 Å². The van der Waals surface area contributed by atoms with Crippen LogP contribution in [0.3, 0.4) is 0 Å². The molecule has 0 radical (unpaired) electrons. The third-order valence-electron chi connectivity index (χ3n) is 8.50. The second kappa shape index (κ2) is 9.50. The second-order valence-electron chi connectivity index (χ2n) is 11.1. The Morgan fingerprint density at radius 3 is 2.27 bits per heavy atom. The van der Waals surface area contributed by atoms with Gasteiger partial charge in [-0.2, -0.15) is 0 Å². The lowest BCUT2D eigenvalue weighted by atomic mass is 9.49. The fourth-order valence-corrected chi connectivity index (χ4v) is 6.77. The summed E-state index contributed by atoms with van der Waals surface area (Å²) in [7, 11) is 1.69. The number of benzene rings is 2. The van der Waals surface area contributed by atoms with Gasteiger partial charge in [0.25, 0.3) is 0 Å². The number of hydrogen-bond acceptors (Lipinski definition) is 3. The highest BCUT2D eigenvalue weighted by Crippen LogP contribution is 2.59. The van der Waals surface area contributed by atoms with E-state index < -0.39 is 5.97 Å². The van der Waals surface area contributed by atoms with Crippen molar-refractivity contribution in [2.45, 2.75) is 72.0 Å². The number of carboxylic acids is 1. The van der Waals surface area contributed by atoms with Gasteiger partial charge < -0.3 is 14.6 Å². The summed E-state index contributed by atoms with van der Waals surface area (Å²) < 4.78 is 11.8. The Morgan fingerprint density at radius 2 is 1.64 bits per heavy atom. The molecule has 2 aliphatic carbocycles. The standard InChI is InChI=1S/C29H38O4/c1-28(2)25-14-9-22(17-20-5-10-23(11-6-20)27(30)31)18-29(25,3)16-15-26(28)33-19-21-7-12-24(32-4)13-8-21/h5-8,10-13,22,25-26H,9,14-19H2,1-4H3,(H,30,31)/t22-,25?,26-,29+/m0/s1. The zero-order chi connectivity index (χ0) is 23.6. The van der Waals surface area contributed by atoms with E-state index in [1.807, 2.05) is 24.3 Å². The molecule has 0 amide bonds. The van der Waals surface area contributed by atoms with Crippen LogP contribution in [0.4, 0.5) is 0 Å². The first-order chi connectivity index (χ1) is 15.7. The van der Waals surface area contributed by atoms with Gasteiger partial charge in [-0.25, -0.2) is 4.79 Å². The molecule has 4 heteroatoms. The van der Waals surface area contributed by atoms with Crippen LogP contribution in [0.25, 0.3) is 0 Å². The summed E-state index contributed by atoms with van der Waals surface area (Å²) in [5, 5.41) is 9.14. The Bertz CT molecular complexity index is 947. The van der Waals surface area contributed by atoms with Gasteiger partial charge in [-0.1, -0.05) is 45.0 Å². The monoisotopic (exact) mass is 450 g/mol. The van der Waals surface area contributed by atoms with Gasteiger partial charge in [0.15, 0.2) is 0 Å². The molecule has 1 unspecified atom stereocenters. The lowest BCUT2D eigenvalue weighted by Gasteiger charge is -2.58. The Morgan fingerprint density at radius 1 is 0.970 bits per heavy atom. The number of fused-ring (bicyclic) bond motifs is 1. The first kappa shape index (κ1) is 23.8. The van der Waals surface area contributed by atoms with Crippen LogP contribution in [0, 0.1) is 22.7 Å². The van der Waals surface area contributed by atoms with Crippen molar-refractivity contribution in [3.63, 3.8) is 0 Å². The van der Waals surface area contributed by atoms with Crippen molar-refractivity contribution in [3.05, 3.63) is 65.2 Å². The Kier molecular flexibility index (Phi) is 6.86. The maximum absolute atomic E-state index is 11.1. The lowest BCUT2D eigenvalue weighted by molar-refractivity contribution is -0.150. The molecule has 0 heterocycles. The largest absolute Gasteiger partial charge is 0.497 e. The van der Waals surface area contributed by atoms with Crippen LogP contribution < -0.4 is 4.74 Å². The zero-order valence-corrected chi connectivity index (χ0v) is 20.5. The van der Waals surface area contributed by atoms with Gasteiger partial charge in [-0.05, 0) is 96.6 Å². The first-order valence-electron chi connectivity index (χ1n) is 12.3. The molecule has 4 atom stereocenters. The minimum atomic E-state index is -0.859. The summed E-state index contributed by atoms with van der Waals surface area (Å²) >= 11 is 0. The normalized spacial score (nSPS) is 28.7. The topological polar surface area (TPSA) is 55.8 Å². The summed E-state index contributed by atoms with van der Waals surface area (Å²) in [4.78, 5) is 11.1. The predicted molar refractivity (Wildman–Crippen MR) is 131 cm³/mol. The molecule has 2 aromatic carbocycles. The molecule has 0 bridgehead atoms. The van der Waals surface area contributed by atoms with E-state index in [0.29, 0.717) is 29.4 Å². The molecule has 2 aromatic rings. The van der Waals surface area contributed by atoms with Gasteiger partial charge in [0.2, 0.25) is 0 Å². The first-order valence-corrected chi connectivity index (χ1v) is 12.3. The summed E-state index contributed by atoms with van der Waals surface area (Å²) in [6.45, 7) is 7.98. The van der Waals surface area contributed by atoms with Gasteiger partial charge in [0.1, 0.15) is 5.75 Å². The third-order valence-corrected chi connectivity index (χ3v) is 8.50. The van der Waals surface area contributed by atoms with E-state index in [2.05, 4.69) is 32.9 Å². The molecule has 0 saturated heterocycles. The van der Waals surface area contributed by atoms with E-state index in [4.69, 9.17) is 14.6 Å². The highest BCUT2D eigenvalue weighted by molar-refractivity contribution is 5.87. The number of rotatable bonds is 7. The van der Waals surface area contributed by atoms with Crippen LogP contribution in [-0.2, 0) is 17.8 Å². The van der Waals surface area contributed by atoms with Gasteiger partial charge in [-0.15, -0.1) is 0 Å². The summed E-state index contributed by atoms with van der Waals surface area (Å²) in [5.74, 6) is 1.34.